The number of thiazole rings is 1. The lowest BCUT2D eigenvalue weighted by Crippen LogP contribution is -2.26. The number of benzene rings is 2. The Morgan fingerprint density at radius 1 is 1.00 bits per heavy atom. The molecular formula is C32H40N4O3S. The van der Waals surface area contributed by atoms with Crippen LogP contribution < -0.4 is 15.1 Å². The van der Waals surface area contributed by atoms with E-state index in [1.54, 1.807) is 23.5 Å². The van der Waals surface area contributed by atoms with E-state index in [0.29, 0.717) is 12.1 Å². The van der Waals surface area contributed by atoms with Gasteiger partial charge in [-0.2, -0.15) is 0 Å². The lowest BCUT2D eigenvalue weighted by atomic mass is 9.97. The van der Waals surface area contributed by atoms with Crippen LogP contribution in [0.3, 0.4) is 0 Å². The second-order valence-corrected chi connectivity index (χ2v) is 10.9. The maximum absolute atomic E-state index is 12.4. The van der Waals surface area contributed by atoms with Crippen molar-refractivity contribution in [2.45, 2.75) is 58.9 Å². The first-order chi connectivity index (χ1) is 19.5. The Bertz CT molecular complexity index is 1280. The van der Waals surface area contributed by atoms with Crippen molar-refractivity contribution in [3.63, 3.8) is 0 Å². The number of hydrogen-bond acceptors (Lipinski definition) is 6. The second kappa shape index (κ2) is 14.7. The highest BCUT2D eigenvalue weighted by atomic mass is 32.1. The Hall–Kier alpha value is -3.65. The predicted molar refractivity (Wildman–Crippen MR) is 164 cm³/mol. The highest BCUT2D eigenvalue weighted by Crippen LogP contribution is 2.31. The fourth-order valence-corrected chi connectivity index (χ4v) is 5.86. The number of hydrogen-bond donors (Lipinski definition) is 2. The van der Waals surface area contributed by atoms with Crippen LogP contribution in [0.15, 0.2) is 65.6 Å². The highest BCUT2D eigenvalue weighted by Gasteiger charge is 2.16. The van der Waals surface area contributed by atoms with Gasteiger partial charge < -0.3 is 20.2 Å². The van der Waals surface area contributed by atoms with Crippen LogP contribution in [-0.4, -0.2) is 48.1 Å². The first-order valence-corrected chi connectivity index (χ1v) is 15.2. The third kappa shape index (κ3) is 8.18. The Morgan fingerprint density at radius 3 is 2.40 bits per heavy atom. The fraction of sp³-hybridized carbons (Fsp3) is 0.406. The summed E-state index contributed by atoms with van der Waals surface area (Å²) in [6.07, 6.45) is 8.25. The van der Waals surface area contributed by atoms with Crippen molar-refractivity contribution in [1.29, 1.82) is 0 Å². The summed E-state index contributed by atoms with van der Waals surface area (Å²) in [4.78, 5) is 32.8. The Kier molecular flexibility index (Phi) is 10.7. The molecule has 7 nitrogen and oxygen atoms in total. The minimum atomic E-state index is -0.929. The number of allylic oxidation sites excluding steroid dienone is 1. The smallest absolute Gasteiger partial charge is 0.305 e. The molecule has 3 aromatic rings. The molecule has 0 unspecified atom stereocenters. The number of carboxylic acid groups (broad SMARTS) is 1. The summed E-state index contributed by atoms with van der Waals surface area (Å²) in [6, 6.07) is 16.2. The molecule has 1 aromatic heterocycles. The van der Waals surface area contributed by atoms with E-state index in [2.05, 4.69) is 64.7 Å². The van der Waals surface area contributed by atoms with Crippen molar-refractivity contribution in [3.8, 4) is 11.3 Å². The van der Waals surface area contributed by atoms with Crippen molar-refractivity contribution in [2.24, 2.45) is 0 Å². The average Bonchev–Trinajstić information content (AvgIpc) is 3.47. The molecule has 2 aromatic carbocycles. The van der Waals surface area contributed by atoms with Crippen LogP contribution in [0.4, 0.5) is 10.8 Å². The van der Waals surface area contributed by atoms with Gasteiger partial charge in [-0.15, -0.1) is 11.3 Å². The molecule has 0 fully saturated rings. The summed E-state index contributed by atoms with van der Waals surface area (Å²) in [5.41, 5.74) is 6.49. The summed E-state index contributed by atoms with van der Waals surface area (Å²) < 4.78 is 0. The third-order valence-electron chi connectivity index (χ3n) is 7.36. The molecule has 8 heteroatoms. The van der Waals surface area contributed by atoms with Crippen molar-refractivity contribution < 1.29 is 14.7 Å². The number of carboxylic acids is 1. The fourth-order valence-electron chi connectivity index (χ4n) is 4.99. The van der Waals surface area contributed by atoms with Gasteiger partial charge in [-0.3, -0.25) is 9.59 Å². The maximum Gasteiger partial charge on any atom is 0.305 e. The van der Waals surface area contributed by atoms with Gasteiger partial charge in [-0.25, -0.2) is 4.98 Å². The van der Waals surface area contributed by atoms with Gasteiger partial charge in [0.15, 0.2) is 5.13 Å². The maximum atomic E-state index is 12.4. The summed E-state index contributed by atoms with van der Waals surface area (Å²) in [6.45, 7) is 8.01. The van der Waals surface area contributed by atoms with Crippen LogP contribution in [-0.2, 0) is 11.3 Å². The van der Waals surface area contributed by atoms with Crippen molar-refractivity contribution in [3.05, 3.63) is 76.7 Å². The lowest BCUT2D eigenvalue weighted by Gasteiger charge is -2.24. The van der Waals surface area contributed by atoms with Crippen LogP contribution in [0.2, 0.25) is 0 Å². The quantitative estimate of drug-likeness (QED) is 0.212. The molecule has 1 aliphatic rings. The molecule has 0 aliphatic heterocycles. The minimum Gasteiger partial charge on any atom is -0.481 e. The molecule has 1 aliphatic carbocycles. The SMILES string of the molecule is CCN(CC)c1ccc(-c2csc(N(CCC3=CCCCC3)Cc3ccc(C(=O)NCCC(=O)O)cc3)n2)cc1. The van der Waals surface area contributed by atoms with Gasteiger partial charge in [0, 0.05) is 54.9 Å². The zero-order valence-electron chi connectivity index (χ0n) is 23.6. The topological polar surface area (TPSA) is 85.8 Å². The number of carbonyl (C=O) groups excluding carboxylic acids is 1. The van der Waals surface area contributed by atoms with Gasteiger partial charge in [0.2, 0.25) is 0 Å². The molecule has 0 saturated carbocycles. The molecule has 1 amide bonds. The van der Waals surface area contributed by atoms with Crippen LogP contribution in [0.1, 0.15) is 68.3 Å². The first-order valence-electron chi connectivity index (χ1n) is 14.3. The highest BCUT2D eigenvalue weighted by molar-refractivity contribution is 7.14. The molecule has 1 heterocycles. The van der Waals surface area contributed by atoms with Crippen molar-refractivity contribution >= 4 is 34.0 Å². The van der Waals surface area contributed by atoms with Crippen LogP contribution in [0, 0.1) is 0 Å². The monoisotopic (exact) mass is 560 g/mol. The number of nitrogens with zero attached hydrogens (tertiary/aromatic N) is 3. The van der Waals surface area contributed by atoms with E-state index in [9.17, 15) is 9.59 Å². The largest absolute Gasteiger partial charge is 0.481 e. The van der Waals surface area contributed by atoms with E-state index < -0.39 is 5.97 Å². The number of carbonyl (C=O) groups is 2. The Labute approximate surface area is 241 Å². The molecule has 0 saturated heterocycles. The van der Waals surface area contributed by atoms with Crippen LogP contribution in [0.5, 0.6) is 0 Å². The van der Waals surface area contributed by atoms with E-state index in [1.807, 2.05) is 12.1 Å². The van der Waals surface area contributed by atoms with E-state index in [4.69, 9.17) is 10.1 Å². The van der Waals surface area contributed by atoms with E-state index in [-0.39, 0.29) is 18.9 Å². The normalized spacial score (nSPS) is 13.0. The van der Waals surface area contributed by atoms with E-state index in [0.717, 1.165) is 48.0 Å². The number of amides is 1. The zero-order chi connectivity index (χ0) is 28.3. The summed E-state index contributed by atoms with van der Waals surface area (Å²) in [7, 11) is 0. The van der Waals surface area contributed by atoms with Crippen molar-refractivity contribution in [2.75, 3.05) is 36.0 Å². The minimum absolute atomic E-state index is 0.0922. The third-order valence-corrected chi connectivity index (χ3v) is 8.26. The van der Waals surface area contributed by atoms with Crippen LogP contribution >= 0.6 is 11.3 Å². The summed E-state index contributed by atoms with van der Waals surface area (Å²) in [5.74, 6) is -1.19. The molecule has 4 rings (SSSR count). The van der Waals surface area contributed by atoms with E-state index in [1.165, 1.54) is 36.9 Å². The summed E-state index contributed by atoms with van der Waals surface area (Å²) >= 11 is 1.67. The van der Waals surface area contributed by atoms with E-state index >= 15 is 0 Å². The predicted octanol–water partition coefficient (Wildman–Crippen LogP) is 6.76. The molecule has 0 atom stereocenters. The number of rotatable bonds is 14. The molecule has 0 bridgehead atoms. The first kappa shape index (κ1) is 29.3. The number of anilines is 2. The lowest BCUT2D eigenvalue weighted by molar-refractivity contribution is -0.136. The number of aliphatic carboxylic acids is 1. The van der Waals surface area contributed by atoms with Gasteiger partial charge >= 0.3 is 5.97 Å². The molecule has 2 N–H and O–H groups in total. The molecule has 40 heavy (non-hydrogen) atoms. The van der Waals surface area contributed by atoms with Gasteiger partial charge in [0.05, 0.1) is 12.1 Å². The number of aromatic nitrogens is 1. The summed E-state index contributed by atoms with van der Waals surface area (Å²) in [5, 5.41) is 14.6. The Balaban J connectivity index is 1.48. The molecule has 0 spiro atoms. The average molecular weight is 561 g/mol. The standard InChI is InChI=1S/C32H40N4O3S/c1-3-35(4-2)28-16-14-26(15-17-28)29-23-40-32(34-29)36(21-19-24-8-6-5-7-9-24)22-25-10-12-27(13-11-25)31(39)33-20-18-30(37)38/h8,10-17,23H,3-7,9,18-22H2,1-2H3,(H,33,39)(H,37,38). The van der Waals surface area contributed by atoms with Gasteiger partial charge in [0.1, 0.15) is 0 Å². The molecular weight excluding hydrogens is 520 g/mol. The van der Waals surface area contributed by atoms with Gasteiger partial charge in [0.25, 0.3) is 5.91 Å². The zero-order valence-corrected chi connectivity index (χ0v) is 24.4. The Morgan fingerprint density at radius 2 is 1.75 bits per heavy atom. The van der Waals surface area contributed by atoms with Gasteiger partial charge in [-0.05, 0) is 75.8 Å². The van der Waals surface area contributed by atoms with Crippen LogP contribution in [0.25, 0.3) is 11.3 Å². The molecule has 0 radical (unpaired) electrons. The van der Waals surface area contributed by atoms with Crippen molar-refractivity contribution in [1.82, 2.24) is 10.3 Å². The van der Waals surface area contributed by atoms with Gasteiger partial charge in [-0.1, -0.05) is 35.9 Å². The second-order valence-electron chi connectivity index (χ2n) is 10.1. The number of nitrogens with one attached hydrogen (secondary N) is 1. The molecule has 212 valence electrons.